The number of hydrogen-bond donors (Lipinski definition) is 0. The summed E-state index contributed by atoms with van der Waals surface area (Å²) in [6.07, 6.45) is 3.95. The third kappa shape index (κ3) is 4.15. The molecule has 0 spiro atoms. The summed E-state index contributed by atoms with van der Waals surface area (Å²) in [5.41, 5.74) is 0.393. The van der Waals surface area contributed by atoms with Crippen molar-refractivity contribution in [1.29, 1.82) is 0 Å². The number of piperidine rings is 1. The molecule has 3 rings (SSSR count). The Morgan fingerprint density at radius 2 is 2.23 bits per heavy atom. The van der Waals surface area contributed by atoms with Crippen LogP contribution in [0.15, 0.2) is 42.1 Å². The molecule has 138 valence electrons. The van der Waals surface area contributed by atoms with Gasteiger partial charge in [-0.15, -0.1) is 16.8 Å². The minimum absolute atomic E-state index is 0.113. The van der Waals surface area contributed by atoms with Crippen molar-refractivity contribution in [3.8, 4) is 11.4 Å². The van der Waals surface area contributed by atoms with Gasteiger partial charge in [0.05, 0.1) is 11.3 Å². The Bertz CT molecular complexity index is 792. The largest absolute Gasteiger partial charge is 0.342 e. The summed E-state index contributed by atoms with van der Waals surface area (Å²) in [6, 6.07) is 6.48. The first-order valence-electron chi connectivity index (χ1n) is 8.79. The number of rotatable bonds is 6. The van der Waals surface area contributed by atoms with Crippen molar-refractivity contribution in [1.82, 2.24) is 19.7 Å². The lowest BCUT2D eigenvalue weighted by molar-refractivity contribution is -0.130. The van der Waals surface area contributed by atoms with Gasteiger partial charge in [-0.2, -0.15) is 0 Å². The van der Waals surface area contributed by atoms with E-state index in [-0.39, 0.29) is 11.7 Å². The van der Waals surface area contributed by atoms with Gasteiger partial charge in [-0.05, 0) is 30.9 Å². The van der Waals surface area contributed by atoms with E-state index in [1.54, 1.807) is 28.8 Å². The molecule has 0 bridgehead atoms. The highest BCUT2D eigenvalue weighted by Crippen LogP contribution is 2.26. The minimum Gasteiger partial charge on any atom is -0.342 e. The lowest BCUT2D eigenvalue weighted by Crippen LogP contribution is -2.40. The van der Waals surface area contributed by atoms with Crippen molar-refractivity contribution >= 4 is 17.7 Å². The van der Waals surface area contributed by atoms with E-state index in [1.807, 2.05) is 4.90 Å². The molecule has 0 radical (unpaired) electrons. The van der Waals surface area contributed by atoms with Crippen LogP contribution in [0.1, 0.15) is 19.8 Å². The summed E-state index contributed by atoms with van der Waals surface area (Å²) < 4.78 is 15.9. The third-order valence-corrected chi connectivity index (χ3v) is 5.43. The number of halogens is 1. The van der Waals surface area contributed by atoms with Gasteiger partial charge in [0.2, 0.25) is 5.91 Å². The number of amides is 1. The Morgan fingerprint density at radius 3 is 2.96 bits per heavy atom. The molecule has 1 amide bonds. The molecule has 0 saturated carbocycles. The topological polar surface area (TPSA) is 51.0 Å². The Kier molecular flexibility index (Phi) is 6.08. The number of nitrogens with zero attached hydrogens (tertiary/aromatic N) is 4. The molecule has 1 aliphatic heterocycles. The summed E-state index contributed by atoms with van der Waals surface area (Å²) in [7, 11) is 0. The summed E-state index contributed by atoms with van der Waals surface area (Å²) in [5, 5.41) is 8.92. The molecule has 1 fully saturated rings. The number of aromatic nitrogens is 3. The number of hydrogen-bond acceptors (Lipinski definition) is 4. The first kappa shape index (κ1) is 18.6. The number of carbonyl (C=O) groups is 1. The van der Waals surface area contributed by atoms with E-state index in [0.717, 1.165) is 19.5 Å². The third-order valence-electron chi connectivity index (χ3n) is 4.48. The highest BCUT2D eigenvalue weighted by Gasteiger charge is 2.22. The predicted octanol–water partition coefficient (Wildman–Crippen LogP) is 3.62. The molecule has 7 heteroatoms. The summed E-state index contributed by atoms with van der Waals surface area (Å²) in [6.45, 7) is 8.02. The molecule has 0 N–H and O–H groups in total. The van der Waals surface area contributed by atoms with Crippen LogP contribution in [0, 0.1) is 11.7 Å². The number of likely N-dealkylation sites (tertiary alicyclic amines) is 1. The minimum atomic E-state index is -0.347. The Balaban J connectivity index is 1.75. The lowest BCUT2D eigenvalue weighted by atomic mass is 10.0. The fourth-order valence-electron chi connectivity index (χ4n) is 3.16. The van der Waals surface area contributed by atoms with E-state index < -0.39 is 0 Å². The van der Waals surface area contributed by atoms with Crippen LogP contribution >= 0.6 is 11.8 Å². The van der Waals surface area contributed by atoms with Gasteiger partial charge in [0.15, 0.2) is 11.0 Å². The van der Waals surface area contributed by atoms with Gasteiger partial charge >= 0.3 is 0 Å². The van der Waals surface area contributed by atoms with Crippen LogP contribution in [0.5, 0.6) is 0 Å². The summed E-state index contributed by atoms with van der Waals surface area (Å²) >= 11 is 1.34. The van der Waals surface area contributed by atoms with E-state index in [1.165, 1.54) is 24.2 Å². The smallest absolute Gasteiger partial charge is 0.233 e. The predicted molar refractivity (Wildman–Crippen MR) is 101 cm³/mol. The number of carbonyl (C=O) groups excluding carboxylic acids is 1. The number of allylic oxidation sites excluding steroid dienone is 1. The SMILES string of the molecule is C=CCn1c(SCC(=O)N2CCCC(C)C2)nnc1-c1ccccc1F. The Hall–Kier alpha value is -2.15. The van der Waals surface area contributed by atoms with Crippen LogP contribution in [-0.4, -0.2) is 44.4 Å². The molecule has 1 aliphatic rings. The quantitative estimate of drug-likeness (QED) is 0.572. The zero-order valence-electron chi connectivity index (χ0n) is 14.9. The van der Waals surface area contributed by atoms with Crippen LogP contribution in [0.25, 0.3) is 11.4 Å². The lowest BCUT2D eigenvalue weighted by Gasteiger charge is -2.30. The fraction of sp³-hybridized carbons (Fsp3) is 0.421. The summed E-state index contributed by atoms with van der Waals surface area (Å²) in [5.74, 6) is 1.07. The fourth-order valence-corrected chi connectivity index (χ4v) is 4.02. The molecule has 1 unspecified atom stereocenters. The number of benzene rings is 1. The molecule has 26 heavy (non-hydrogen) atoms. The zero-order valence-corrected chi connectivity index (χ0v) is 15.7. The van der Waals surface area contributed by atoms with Crippen molar-refractivity contribution in [2.45, 2.75) is 31.5 Å². The molecule has 1 aromatic carbocycles. The maximum atomic E-state index is 14.1. The van der Waals surface area contributed by atoms with Gasteiger partial charge < -0.3 is 4.90 Å². The highest BCUT2D eigenvalue weighted by molar-refractivity contribution is 7.99. The van der Waals surface area contributed by atoms with Gasteiger partial charge in [-0.3, -0.25) is 9.36 Å². The maximum Gasteiger partial charge on any atom is 0.233 e. The molecule has 0 aliphatic carbocycles. The van der Waals surface area contributed by atoms with Crippen molar-refractivity contribution < 1.29 is 9.18 Å². The molecule has 1 aromatic heterocycles. The van der Waals surface area contributed by atoms with E-state index in [0.29, 0.717) is 34.8 Å². The second kappa shape index (κ2) is 8.49. The molecule has 1 atom stereocenters. The monoisotopic (exact) mass is 374 g/mol. The number of thioether (sulfide) groups is 1. The average molecular weight is 374 g/mol. The van der Waals surface area contributed by atoms with E-state index >= 15 is 0 Å². The van der Waals surface area contributed by atoms with E-state index in [2.05, 4.69) is 23.7 Å². The van der Waals surface area contributed by atoms with Crippen LogP contribution in [0.2, 0.25) is 0 Å². The first-order valence-corrected chi connectivity index (χ1v) is 9.78. The average Bonchev–Trinajstić information content (AvgIpc) is 3.03. The molecule has 5 nitrogen and oxygen atoms in total. The maximum absolute atomic E-state index is 14.1. The second-order valence-electron chi connectivity index (χ2n) is 6.56. The van der Waals surface area contributed by atoms with Gasteiger partial charge in [0, 0.05) is 19.6 Å². The second-order valence-corrected chi connectivity index (χ2v) is 7.50. The standard InChI is InChI=1S/C19H23FN4OS/c1-3-10-24-18(15-8-4-5-9-16(15)20)21-22-19(24)26-13-17(25)23-11-6-7-14(2)12-23/h3-5,8-9,14H,1,6-7,10-13H2,2H3. The van der Waals surface area contributed by atoms with Crippen molar-refractivity contribution in [2.24, 2.45) is 5.92 Å². The van der Waals surface area contributed by atoms with Gasteiger partial charge in [0.1, 0.15) is 5.82 Å². The molecular formula is C19H23FN4OS. The van der Waals surface area contributed by atoms with Crippen molar-refractivity contribution in [3.05, 3.63) is 42.7 Å². The zero-order chi connectivity index (χ0) is 18.5. The van der Waals surface area contributed by atoms with Crippen LogP contribution < -0.4 is 0 Å². The van der Waals surface area contributed by atoms with Crippen LogP contribution in [0.4, 0.5) is 4.39 Å². The van der Waals surface area contributed by atoms with Crippen LogP contribution in [0.3, 0.4) is 0 Å². The normalized spacial score (nSPS) is 17.3. The molecule has 1 saturated heterocycles. The Morgan fingerprint density at radius 1 is 1.42 bits per heavy atom. The van der Waals surface area contributed by atoms with E-state index in [4.69, 9.17) is 0 Å². The van der Waals surface area contributed by atoms with Gasteiger partial charge in [0.25, 0.3) is 0 Å². The molecular weight excluding hydrogens is 351 g/mol. The van der Waals surface area contributed by atoms with Crippen molar-refractivity contribution in [3.63, 3.8) is 0 Å². The van der Waals surface area contributed by atoms with Gasteiger partial charge in [-0.25, -0.2) is 4.39 Å². The van der Waals surface area contributed by atoms with Crippen LogP contribution in [-0.2, 0) is 11.3 Å². The Labute approximate surface area is 157 Å². The highest BCUT2D eigenvalue weighted by atomic mass is 32.2. The molecule has 2 heterocycles. The van der Waals surface area contributed by atoms with E-state index in [9.17, 15) is 9.18 Å². The van der Waals surface area contributed by atoms with Gasteiger partial charge in [-0.1, -0.05) is 36.9 Å². The summed E-state index contributed by atoms with van der Waals surface area (Å²) in [4.78, 5) is 14.4. The molecule has 2 aromatic rings. The van der Waals surface area contributed by atoms with Crippen molar-refractivity contribution in [2.75, 3.05) is 18.8 Å². The first-order chi connectivity index (χ1) is 12.6.